The Morgan fingerprint density at radius 2 is 2.05 bits per heavy atom. The number of morpholine rings is 1. The molecule has 13 heteroatoms. The highest BCUT2D eigenvalue weighted by atomic mass is 35.5. The van der Waals surface area contributed by atoms with E-state index in [1.807, 2.05) is 12.1 Å². The number of hydrogen-bond donors (Lipinski definition) is 4. The smallest absolute Gasteiger partial charge is 0.412 e. The van der Waals surface area contributed by atoms with Crippen molar-refractivity contribution in [1.82, 2.24) is 15.2 Å². The highest BCUT2D eigenvalue weighted by Gasteiger charge is 2.49. The van der Waals surface area contributed by atoms with Gasteiger partial charge in [0.05, 0.1) is 47.4 Å². The second kappa shape index (κ2) is 11.0. The maximum atomic E-state index is 15.0. The Kier molecular flexibility index (Phi) is 7.49. The summed E-state index contributed by atoms with van der Waals surface area (Å²) in [5.41, 5.74) is 12.2. The largest absolute Gasteiger partial charge is 0.436 e. The molecule has 0 aliphatic carbocycles. The fourth-order valence-electron chi connectivity index (χ4n) is 4.98. The maximum absolute atomic E-state index is 15.0. The van der Waals surface area contributed by atoms with E-state index in [4.69, 9.17) is 32.5 Å². The van der Waals surface area contributed by atoms with Gasteiger partial charge in [-0.1, -0.05) is 17.7 Å². The molecule has 1 spiro atoms. The number of halogens is 2. The number of benzene rings is 1. The van der Waals surface area contributed by atoms with E-state index in [0.717, 1.165) is 30.7 Å². The first-order valence-corrected chi connectivity index (χ1v) is 12.9. The summed E-state index contributed by atoms with van der Waals surface area (Å²) in [6, 6.07) is 6.73. The van der Waals surface area contributed by atoms with Crippen LogP contribution in [0.4, 0.5) is 20.7 Å². The summed E-state index contributed by atoms with van der Waals surface area (Å²) >= 11 is 6.01. The molecule has 2 fully saturated rings. The standard InChI is InChI=1S/C26H29ClFN7O4/c27-18-2-3-19-22(23(18)28)26(39-25(37)33-19)5-6-35(15-26)20(30)11-17(12-29)24(36)32-14-16-1-4-21(31-13-16)34-7-9-38-10-8-34/h1-4,11-13H,5-10,14-15,29-30H2,(H,32,36)(H,33,37)/b17-12+,20-11+/t26-/m1/s1. The minimum absolute atomic E-state index is 0.0770. The Morgan fingerprint density at radius 3 is 2.77 bits per heavy atom. The van der Waals surface area contributed by atoms with Crippen LogP contribution in [0.15, 0.2) is 54.1 Å². The molecule has 39 heavy (non-hydrogen) atoms. The van der Waals surface area contributed by atoms with Crippen LogP contribution in [0, 0.1) is 5.82 Å². The average molecular weight is 558 g/mol. The molecular weight excluding hydrogens is 529 g/mol. The number of carbonyl (C=O) groups excluding carboxylic acids is 2. The van der Waals surface area contributed by atoms with Crippen LogP contribution in [0.2, 0.25) is 5.02 Å². The van der Waals surface area contributed by atoms with Gasteiger partial charge in [-0.05, 0) is 29.8 Å². The monoisotopic (exact) mass is 557 g/mol. The topological polar surface area (TPSA) is 148 Å². The van der Waals surface area contributed by atoms with Crippen LogP contribution in [0.3, 0.4) is 0 Å². The van der Waals surface area contributed by atoms with Gasteiger partial charge in [-0.3, -0.25) is 10.1 Å². The van der Waals surface area contributed by atoms with E-state index in [1.165, 1.54) is 18.2 Å². The van der Waals surface area contributed by atoms with Gasteiger partial charge in [0.15, 0.2) is 11.4 Å². The van der Waals surface area contributed by atoms with Crippen LogP contribution >= 0.6 is 11.6 Å². The van der Waals surface area contributed by atoms with E-state index in [-0.39, 0.29) is 41.5 Å². The van der Waals surface area contributed by atoms with E-state index in [2.05, 4.69) is 20.5 Å². The Labute approximate surface area is 229 Å². The summed E-state index contributed by atoms with van der Waals surface area (Å²) in [4.78, 5) is 33.4. The molecular formula is C26H29ClFN7O4. The SMILES string of the molecule is N/C=C(\C=C(/N)N1CC[C@]2(C1)OC(=O)Nc1ccc(Cl)c(F)c12)C(=O)NCc1ccc(N2CCOCC2)nc1. The zero-order valence-corrected chi connectivity index (χ0v) is 21.8. The zero-order valence-electron chi connectivity index (χ0n) is 21.1. The van der Waals surface area contributed by atoms with Crippen molar-refractivity contribution in [2.75, 3.05) is 49.6 Å². The minimum atomic E-state index is -1.28. The van der Waals surface area contributed by atoms with Gasteiger partial charge in [-0.25, -0.2) is 14.2 Å². The molecule has 0 saturated carbocycles. The molecule has 1 aromatic heterocycles. The first-order chi connectivity index (χ1) is 18.8. The van der Waals surface area contributed by atoms with Crippen molar-refractivity contribution in [1.29, 1.82) is 0 Å². The zero-order chi connectivity index (χ0) is 27.6. The van der Waals surface area contributed by atoms with Crippen LogP contribution in [-0.2, 0) is 26.4 Å². The fraction of sp³-hybridized carbons (Fsp3) is 0.346. The second-order valence-electron chi connectivity index (χ2n) is 9.46. The van der Waals surface area contributed by atoms with Crippen molar-refractivity contribution in [2.45, 2.75) is 18.6 Å². The third kappa shape index (κ3) is 5.43. The number of rotatable bonds is 6. The van der Waals surface area contributed by atoms with Gasteiger partial charge in [-0.2, -0.15) is 0 Å². The molecule has 5 rings (SSSR count). The van der Waals surface area contributed by atoms with Crippen molar-refractivity contribution in [2.24, 2.45) is 11.5 Å². The lowest BCUT2D eigenvalue weighted by atomic mass is 9.89. The molecule has 0 radical (unpaired) electrons. The number of carbonyl (C=O) groups is 2. The van der Waals surface area contributed by atoms with Gasteiger partial charge < -0.3 is 36.1 Å². The molecule has 2 amide bonds. The van der Waals surface area contributed by atoms with E-state index < -0.39 is 23.4 Å². The molecule has 1 atom stereocenters. The van der Waals surface area contributed by atoms with Crippen LogP contribution in [0.5, 0.6) is 0 Å². The third-order valence-electron chi connectivity index (χ3n) is 7.01. The molecule has 3 aliphatic heterocycles. The van der Waals surface area contributed by atoms with Crippen molar-refractivity contribution in [3.8, 4) is 0 Å². The van der Waals surface area contributed by atoms with Gasteiger partial charge in [0.25, 0.3) is 5.91 Å². The minimum Gasteiger partial charge on any atom is -0.436 e. The molecule has 2 saturated heterocycles. The molecule has 1 aromatic carbocycles. The summed E-state index contributed by atoms with van der Waals surface area (Å²) in [6.07, 6.45) is 3.90. The number of nitrogens with zero attached hydrogens (tertiary/aromatic N) is 3. The Hall–Kier alpha value is -4.03. The quantitative estimate of drug-likeness (QED) is 0.309. The number of aromatic nitrogens is 1. The van der Waals surface area contributed by atoms with Crippen LogP contribution in [-0.4, -0.2) is 61.3 Å². The Morgan fingerprint density at radius 1 is 1.26 bits per heavy atom. The maximum Gasteiger partial charge on any atom is 0.412 e. The summed E-state index contributed by atoms with van der Waals surface area (Å²) in [6.45, 7) is 3.58. The normalized spacial score (nSPS) is 21.4. The highest BCUT2D eigenvalue weighted by Crippen LogP contribution is 2.46. The van der Waals surface area contributed by atoms with E-state index in [0.29, 0.717) is 25.4 Å². The molecule has 206 valence electrons. The van der Waals surface area contributed by atoms with Crippen molar-refractivity contribution in [3.05, 3.63) is 76.1 Å². The van der Waals surface area contributed by atoms with Gasteiger partial charge in [0.1, 0.15) is 5.82 Å². The summed E-state index contributed by atoms with van der Waals surface area (Å²) < 4.78 is 26.0. The number of pyridine rings is 1. The lowest BCUT2D eigenvalue weighted by molar-refractivity contribution is -0.117. The molecule has 0 unspecified atom stereocenters. The fourth-order valence-corrected chi connectivity index (χ4v) is 5.14. The number of hydrogen-bond acceptors (Lipinski definition) is 9. The van der Waals surface area contributed by atoms with Gasteiger partial charge in [0.2, 0.25) is 0 Å². The predicted molar refractivity (Wildman–Crippen MR) is 143 cm³/mol. The van der Waals surface area contributed by atoms with Gasteiger partial charge in [-0.15, -0.1) is 0 Å². The van der Waals surface area contributed by atoms with Crippen LogP contribution in [0.1, 0.15) is 17.5 Å². The first-order valence-electron chi connectivity index (χ1n) is 12.5. The molecule has 2 aromatic rings. The number of nitrogens with one attached hydrogen (secondary N) is 2. The lowest BCUT2D eigenvalue weighted by Crippen LogP contribution is -2.43. The average Bonchev–Trinajstić information content (AvgIpc) is 3.36. The van der Waals surface area contributed by atoms with Gasteiger partial charge >= 0.3 is 6.09 Å². The number of anilines is 2. The summed E-state index contributed by atoms with van der Waals surface area (Å²) in [5, 5.41) is 5.25. The van der Waals surface area contributed by atoms with Crippen molar-refractivity contribution in [3.63, 3.8) is 0 Å². The first kappa shape index (κ1) is 26.6. The Bertz CT molecular complexity index is 1330. The van der Waals surface area contributed by atoms with Crippen molar-refractivity contribution >= 4 is 35.1 Å². The second-order valence-corrected chi connectivity index (χ2v) is 9.87. The summed E-state index contributed by atoms with van der Waals surface area (Å²) in [5.74, 6) is -0.0101. The van der Waals surface area contributed by atoms with Gasteiger partial charge in [0, 0.05) is 45.0 Å². The number of nitrogens with two attached hydrogens (primary N) is 2. The molecule has 0 bridgehead atoms. The number of fused-ring (bicyclic) bond motifs is 2. The third-order valence-corrected chi connectivity index (χ3v) is 7.31. The van der Waals surface area contributed by atoms with E-state index in [9.17, 15) is 9.59 Å². The molecule has 4 heterocycles. The van der Waals surface area contributed by atoms with Crippen LogP contribution in [0.25, 0.3) is 0 Å². The number of amides is 2. The summed E-state index contributed by atoms with van der Waals surface area (Å²) in [7, 11) is 0. The Balaban J connectivity index is 1.23. The predicted octanol–water partition coefficient (Wildman–Crippen LogP) is 2.13. The number of likely N-dealkylation sites (tertiary alicyclic amines) is 1. The van der Waals surface area contributed by atoms with Crippen LogP contribution < -0.4 is 27.0 Å². The highest BCUT2D eigenvalue weighted by molar-refractivity contribution is 6.31. The van der Waals surface area contributed by atoms with E-state index >= 15 is 4.39 Å². The number of ether oxygens (including phenoxy) is 2. The molecule has 6 N–H and O–H groups in total. The van der Waals surface area contributed by atoms with E-state index in [1.54, 1.807) is 11.1 Å². The molecule has 11 nitrogen and oxygen atoms in total. The van der Waals surface area contributed by atoms with Crippen molar-refractivity contribution < 1.29 is 23.5 Å². The molecule has 3 aliphatic rings. The lowest BCUT2D eigenvalue weighted by Gasteiger charge is -2.36.